The van der Waals surface area contributed by atoms with Gasteiger partial charge in [-0.1, -0.05) is 61.5 Å². The minimum atomic E-state index is -3.81. The Bertz CT molecular complexity index is 1050. The quantitative estimate of drug-likeness (QED) is 0.607. The summed E-state index contributed by atoms with van der Waals surface area (Å²) in [6.45, 7) is 2.71. The van der Waals surface area contributed by atoms with Crippen molar-refractivity contribution in [2.75, 3.05) is 10.8 Å². The fourth-order valence-corrected chi connectivity index (χ4v) is 4.39. The molecule has 1 N–H and O–H groups in total. The second kappa shape index (κ2) is 9.39. The number of nitrogens with zero attached hydrogens (tertiary/aromatic N) is 1. The van der Waals surface area contributed by atoms with Crippen LogP contribution >= 0.6 is 0 Å². The molecule has 150 valence electrons. The van der Waals surface area contributed by atoms with E-state index < -0.39 is 10.0 Å². The van der Waals surface area contributed by atoms with Crippen LogP contribution in [0.15, 0.2) is 89.8 Å². The minimum Gasteiger partial charge on any atom is -0.352 e. The van der Waals surface area contributed by atoms with Gasteiger partial charge in [0.25, 0.3) is 15.9 Å². The van der Waals surface area contributed by atoms with Crippen molar-refractivity contribution in [2.24, 2.45) is 0 Å². The van der Waals surface area contributed by atoms with Crippen molar-refractivity contribution in [3.05, 3.63) is 96.1 Å². The number of anilines is 1. The number of rotatable bonds is 8. The zero-order valence-corrected chi connectivity index (χ0v) is 17.1. The predicted molar refractivity (Wildman–Crippen MR) is 115 cm³/mol. The van der Waals surface area contributed by atoms with E-state index in [1.807, 2.05) is 37.3 Å². The monoisotopic (exact) mass is 408 g/mol. The number of nitrogens with one attached hydrogen (secondary N) is 1. The Balaban J connectivity index is 2.03. The number of hydrogen-bond donors (Lipinski definition) is 1. The molecule has 0 bridgehead atoms. The summed E-state index contributed by atoms with van der Waals surface area (Å²) < 4.78 is 28.2. The molecule has 0 aliphatic rings. The Morgan fingerprint density at radius 3 is 2.21 bits per heavy atom. The van der Waals surface area contributed by atoms with Crippen LogP contribution in [0.3, 0.4) is 0 Å². The molecule has 0 unspecified atom stereocenters. The van der Waals surface area contributed by atoms with Gasteiger partial charge in [0, 0.05) is 12.1 Å². The number of hydrogen-bond acceptors (Lipinski definition) is 3. The standard InChI is InChI=1S/C23H24N2O3S/c1-2-16-24-23(26)20-12-9-13-21(17-20)25(18-19-10-5-3-6-11-19)29(27,28)22-14-7-4-8-15-22/h3-15,17H,2,16,18H2,1H3,(H,24,26). The van der Waals surface area contributed by atoms with E-state index in [9.17, 15) is 13.2 Å². The predicted octanol–water partition coefficient (Wildman–Crippen LogP) is 4.22. The minimum absolute atomic E-state index is 0.165. The maximum absolute atomic E-state index is 13.4. The highest BCUT2D eigenvalue weighted by atomic mass is 32.2. The Morgan fingerprint density at radius 2 is 1.55 bits per heavy atom. The Hall–Kier alpha value is -3.12. The molecule has 0 saturated heterocycles. The van der Waals surface area contributed by atoms with Crippen molar-refractivity contribution < 1.29 is 13.2 Å². The molecule has 1 amide bonds. The number of carbonyl (C=O) groups is 1. The molecule has 0 aromatic heterocycles. The summed E-state index contributed by atoms with van der Waals surface area (Å²) in [6, 6.07) is 24.4. The van der Waals surface area contributed by atoms with Crippen LogP contribution in [0.4, 0.5) is 5.69 Å². The Labute approximate surface area is 172 Å². The summed E-state index contributed by atoms with van der Waals surface area (Å²) in [5.41, 5.74) is 1.73. The van der Waals surface area contributed by atoms with Gasteiger partial charge in [0.1, 0.15) is 0 Å². The van der Waals surface area contributed by atoms with Crippen LogP contribution in [0.5, 0.6) is 0 Å². The van der Waals surface area contributed by atoms with Gasteiger partial charge in [-0.2, -0.15) is 0 Å². The lowest BCUT2D eigenvalue weighted by molar-refractivity contribution is 0.0953. The molecule has 0 aliphatic carbocycles. The highest BCUT2D eigenvalue weighted by molar-refractivity contribution is 7.92. The maximum Gasteiger partial charge on any atom is 0.264 e. The first-order valence-corrected chi connectivity index (χ1v) is 11.0. The van der Waals surface area contributed by atoms with Gasteiger partial charge < -0.3 is 5.32 Å². The molecule has 0 aliphatic heterocycles. The smallest absolute Gasteiger partial charge is 0.264 e. The van der Waals surface area contributed by atoms with Crippen LogP contribution < -0.4 is 9.62 Å². The molecule has 0 saturated carbocycles. The SMILES string of the molecule is CCCNC(=O)c1cccc(N(Cc2ccccc2)S(=O)(=O)c2ccccc2)c1. The van der Waals surface area contributed by atoms with Gasteiger partial charge >= 0.3 is 0 Å². The third-order valence-electron chi connectivity index (χ3n) is 4.43. The number of amides is 1. The molecule has 0 atom stereocenters. The van der Waals surface area contributed by atoms with E-state index in [1.54, 1.807) is 54.6 Å². The second-order valence-electron chi connectivity index (χ2n) is 6.62. The molecule has 0 heterocycles. The zero-order valence-electron chi connectivity index (χ0n) is 16.3. The largest absolute Gasteiger partial charge is 0.352 e. The fourth-order valence-electron chi connectivity index (χ4n) is 2.93. The number of carbonyl (C=O) groups excluding carboxylic acids is 1. The summed E-state index contributed by atoms with van der Waals surface area (Å²) in [5.74, 6) is -0.217. The molecule has 6 heteroatoms. The number of sulfonamides is 1. The number of benzene rings is 3. The lowest BCUT2D eigenvalue weighted by atomic mass is 10.1. The lowest BCUT2D eigenvalue weighted by Crippen LogP contribution is -2.31. The van der Waals surface area contributed by atoms with Crippen molar-refractivity contribution >= 4 is 21.6 Å². The summed E-state index contributed by atoms with van der Waals surface area (Å²) in [4.78, 5) is 12.6. The van der Waals surface area contributed by atoms with Gasteiger partial charge in [-0.05, 0) is 42.3 Å². The summed E-state index contributed by atoms with van der Waals surface area (Å²) in [6.07, 6.45) is 0.827. The zero-order chi connectivity index (χ0) is 20.7. The van der Waals surface area contributed by atoms with Crippen molar-refractivity contribution in [3.8, 4) is 0 Å². The first-order chi connectivity index (χ1) is 14.0. The molecule has 3 rings (SSSR count). The van der Waals surface area contributed by atoms with E-state index in [4.69, 9.17) is 0 Å². The van der Waals surface area contributed by atoms with Crippen molar-refractivity contribution in [1.29, 1.82) is 0 Å². The summed E-state index contributed by atoms with van der Waals surface area (Å²) in [7, 11) is -3.81. The maximum atomic E-state index is 13.4. The van der Waals surface area contributed by atoms with Gasteiger partial charge in [0.05, 0.1) is 17.1 Å². The molecule has 3 aromatic rings. The molecule has 0 radical (unpaired) electrons. The first-order valence-electron chi connectivity index (χ1n) is 9.52. The van der Waals surface area contributed by atoms with Crippen LogP contribution in [-0.4, -0.2) is 20.9 Å². The van der Waals surface area contributed by atoms with E-state index in [2.05, 4.69) is 5.32 Å². The van der Waals surface area contributed by atoms with Gasteiger partial charge in [-0.15, -0.1) is 0 Å². The molecule has 0 fully saturated rings. The summed E-state index contributed by atoms with van der Waals surface area (Å²) >= 11 is 0. The second-order valence-corrected chi connectivity index (χ2v) is 8.48. The van der Waals surface area contributed by atoms with Crippen LogP contribution in [0, 0.1) is 0 Å². The molecule has 0 spiro atoms. The van der Waals surface area contributed by atoms with Crippen LogP contribution in [-0.2, 0) is 16.6 Å². The van der Waals surface area contributed by atoms with Crippen LogP contribution in [0.2, 0.25) is 0 Å². The van der Waals surface area contributed by atoms with E-state index in [0.717, 1.165) is 12.0 Å². The average molecular weight is 409 g/mol. The molecule has 3 aromatic carbocycles. The average Bonchev–Trinajstić information content (AvgIpc) is 2.77. The van der Waals surface area contributed by atoms with Crippen molar-refractivity contribution in [3.63, 3.8) is 0 Å². The normalized spacial score (nSPS) is 11.1. The topological polar surface area (TPSA) is 66.5 Å². The van der Waals surface area contributed by atoms with Gasteiger partial charge in [-0.25, -0.2) is 8.42 Å². The highest BCUT2D eigenvalue weighted by Crippen LogP contribution is 2.26. The Kier molecular flexibility index (Phi) is 6.67. The van der Waals surface area contributed by atoms with Gasteiger partial charge in [-0.3, -0.25) is 9.10 Å². The molecular formula is C23H24N2O3S. The van der Waals surface area contributed by atoms with E-state index >= 15 is 0 Å². The third-order valence-corrected chi connectivity index (χ3v) is 6.22. The van der Waals surface area contributed by atoms with Crippen LogP contribution in [0.1, 0.15) is 29.3 Å². The van der Waals surface area contributed by atoms with E-state index in [1.165, 1.54) is 4.31 Å². The Morgan fingerprint density at radius 1 is 0.897 bits per heavy atom. The van der Waals surface area contributed by atoms with E-state index in [0.29, 0.717) is 17.8 Å². The molecular weight excluding hydrogens is 384 g/mol. The van der Waals surface area contributed by atoms with Crippen molar-refractivity contribution in [1.82, 2.24) is 5.32 Å². The van der Waals surface area contributed by atoms with Crippen molar-refractivity contribution in [2.45, 2.75) is 24.8 Å². The first kappa shape index (κ1) is 20.6. The molecule has 29 heavy (non-hydrogen) atoms. The van der Waals surface area contributed by atoms with Gasteiger partial charge in [0.2, 0.25) is 0 Å². The van der Waals surface area contributed by atoms with E-state index in [-0.39, 0.29) is 17.3 Å². The highest BCUT2D eigenvalue weighted by Gasteiger charge is 2.25. The fraction of sp³-hybridized carbons (Fsp3) is 0.174. The summed E-state index contributed by atoms with van der Waals surface area (Å²) in [5, 5.41) is 2.83. The lowest BCUT2D eigenvalue weighted by Gasteiger charge is -2.25. The van der Waals surface area contributed by atoms with Gasteiger partial charge in [0.15, 0.2) is 0 Å². The third kappa shape index (κ3) is 5.03. The molecule has 5 nitrogen and oxygen atoms in total. The van der Waals surface area contributed by atoms with Crippen LogP contribution in [0.25, 0.3) is 0 Å².